The molecule has 0 saturated carbocycles. The number of nitrogens with zero attached hydrogens (tertiary/aromatic N) is 4. The summed E-state index contributed by atoms with van der Waals surface area (Å²) in [7, 11) is 0. The monoisotopic (exact) mass is 341 g/mol. The minimum Gasteiger partial charge on any atom is -0.454 e. The molecule has 8 heteroatoms. The Kier molecular flexibility index (Phi) is 3.29. The zero-order valence-corrected chi connectivity index (χ0v) is 13.7. The number of urea groups is 1. The molecule has 130 valence electrons. The molecule has 0 radical (unpaired) electrons. The zero-order valence-electron chi connectivity index (χ0n) is 13.7. The van der Waals surface area contributed by atoms with Gasteiger partial charge in [0.25, 0.3) is 0 Å². The van der Waals surface area contributed by atoms with Crippen LogP contribution < -0.4 is 14.8 Å². The summed E-state index contributed by atoms with van der Waals surface area (Å²) in [5, 5.41) is 7.28. The lowest BCUT2D eigenvalue weighted by molar-refractivity contribution is 0.129. The lowest BCUT2D eigenvalue weighted by atomic mass is 9.98. The van der Waals surface area contributed by atoms with Crippen LogP contribution in [0, 0.1) is 0 Å². The molecule has 1 aromatic heterocycles. The molecular formula is C17H19N5O3. The highest BCUT2D eigenvalue weighted by Gasteiger charge is 2.44. The summed E-state index contributed by atoms with van der Waals surface area (Å²) in [5.41, 5.74) is 0.729. The van der Waals surface area contributed by atoms with Crippen LogP contribution in [0.15, 0.2) is 30.9 Å². The number of aromatic nitrogens is 3. The van der Waals surface area contributed by atoms with Crippen LogP contribution in [0.4, 0.5) is 10.5 Å². The Morgan fingerprint density at radius 1 is 1.12 bits per heavy atom. The van der Waals surface area contributed by atoms with E-state index >= 15 is 0 Å². The van der Waals surface area contributed by atoms with E-state index in [1.807, 2.05) is 27.8 Å². The van der Waals surface area contributed by atoms with E-state index in [9.17, 15) is 4.79 Å². The van der Waals surface area contributed by atoms with Gasteiger partial charge in [-0.2, -0.15) is 5.10 Å². The molecule has 4 heterocycles. The SMILES string of the molecule is O=C(Nc1ccc2c(c1)OCO2)N1C2CCC1CC(n1cncn1)C2. The molecule has 5 rings (SSSR count). The third-order valence-electron chi connectivity index (χ3n) is 5.38. The summed E-state index contributed by atoms with van der Waals surface area (Å²) in [5.74, 6) is 1.39. The highest BCUT2D eigenvalue weighted by molar-refractivity contribution is 5.90. The summed E-state index contributed by atoms with van der Waals surface area (Å²) < 4.78 is 12.6. The molecule has 1 aromatic carbocycles. The van der Waals surface area contributed by atoms with Crippen LogP contribution in [0.25, 0.3) is 0 Å². The van der Waals surface area contributed by atoms with E-state index in [0.29, 0.717) is 17.5 Å². The van der Waals surface area contributed by atoms with Crippen molar-refractivity contribution in [3.8, 4) is 11.5 Å². The van der Waals surface area contributed by atoms with Crippen molar-refractivity contribution in [3.05, 3.63) is 30.9 Å². The first-order valence-corrected chi connectivity index (χ1v) is 8.61. The molecule has 1 N–H and O–H groups in total. The maximum atomic E-state index is 12.8. The summed E-state index contributed by atoms with van der Waals surface area (Å²) in [6.45, 7) is 0.229. The number of carbonyl (C=O) groups is 1. The molecule has 2 unspecified atom stereocenters. The van der Waals surface area contributed by atoms with Crippen molar-refractivity contribution < 1.29 is 14.3 Å². The number of nitrogens with one attached hydrogen (secondary N) is 1. The van der Waals surface area contributed by atoms with Crippen molar-refractivity contribution in [1.29, 1.82) is 0 Å². The number of ether oxygens (including phenoxy) is 2. The number of amides is 2. The minimum absolute atomic E-state index is 0.0385. The van der Waals surface area contributed by atoms with Crippen LogP contribution >= 0.6 is 0 Å². The average Bonchev–Trinajstić information content (AvgIpc) is 3.34. The second-order valence-electron chi connectivity index (χ2n) is 6.79. The van der Waals surface area contributed by atoms with E-state index < -0.39 is 0 Å². The van der Waals surface area contributed by atoms with Gasteiger partial charge in [-0.05, 0) is 37.8 Å². The van der Waals surface area contributed by atoms with Crippen LogP contribution in [0.2, 0.25) is 0 Å². The Morgan fingerprint density at radius 3 is 2.68 bits per heavy atom. The van der Waals surface area contributed by atoms with Crippen molar-refractivity contribution in [2.45, 2.75) is 43.8 Å². The second kappa shape index (κ2) is 5.65. The number of rotatable bonds is 2. The van der Waals surface area contributed by atoms with E-state index in [1.165, 1.54) is 0 Å². The number of hydrogen-bond acceptors (Lipinski definition) is 5. The molecule has 2 aromatic rings. The number of fused-ring (bicyclic) bond motifs is 3. The molecule has 2 bridgehead atoms. The topological polar surface area (TPSA) is 81.5 Å². The van der Waals surface area contributed by atoms with E-state index in [4.69, 9.17) is 9.47 Å². The predicted octanol–water partition coefficient (Wildman–Crippen LogP) is 2.41. The first-order chi connectivity index (χ1) is 12.3. The summed E-state index contributed by atoms with van der Waals surface area (Å²) >= 11 is 0. The van der Waals surface area contributed by atoms with Gasteiger partial charge < -0.3 is 19.7 Å². The summed E-state index contributed by atoms with van der Waals surface area (Å²) in [4.78, 5) is 18.9. The lowest BCUT2D eigenvalue weighted by Crippen LogP contribution is -2.48. The molecule has 2 fully saturated rings. The van der Waals surface area contributed by atoms with Gasteiger partial charge in [-0.15, -0.1) is 0 Å². The molecule has 3 aliphatic rings. The van der Waals surface area contributed by atoms with Gasteiger partial charge in [0.1, 0.15) is 12.7 Å². The van der Waals surface area contributed by atoms with E-state index in [-0.39, 0.29) is 24.9 Å². The summed E-state index contributed by atoms with van der Waals surface area (Å²) in [6, 6.07) is 6.27. The fourth-order valence-corrected chi connectivity index (χ4v) is 4.26. The van der Waals surface area contributed by atoms with Crippen molar-refractivity contribution in [3.63, 3.8) is 0 Å². The number of benzene rings is 1. The lowest BCUT2D eigenvalue weighted by Gasteiger charge is -2.38. The second-order valence-corrected chi connectivity index (χ2v) is 6.79. The highest BCUT2D eigenvalue weighted by atomic mass is 16.7. The van der Waals surface area contributed by atoms with Gasteiger partial charge in [0, 0.05) is 23.8 Å². The maximum Gasteiger partial charge on any atom is 0.322 e. The van der Waals surface area contributed by atoms with E-state index in [1.54, 1.807) is 12.7 Å². The number of hydrogen-bond donors (Lipinski definition) is 1. The van der Waals surface area contributed by atoms with E-state index in [2.05, 4.69) is 15.4 Å². The number of carbonyl (C=O) groups excluding carboxylic acids is 1. The van der Waals surface area contributed by atoms with Crippen LogP contribution in [0.5, 0.6) is 11.5 Å². The third kappa shape index (κ3) is 2.48. The fourth-order valence-electron chi connectivity index (χ4n) is 4.26. The normalized spacial score (nSPS) is 26.7. The summed E-state index contributed by atoms with van der Waals surface area (Å²) in [6.07, 6.45) is 7.28. The number of anilines is 1. The van der Waals surface area contributed by atoms with Crippen LogP contribution in [0.1, 0.15) is 31.7 Å². The molecule has 25 heavy (non-hydrogen) atoms. The fraction of sp³-hybridized carbons (Fsp3) is 0.471. The predicted molar refractivity (Wildman–Crippen MR) is 88.5 cm³/mol. The molecule has 2 amide bonds. The molecule has 0 aliphatic carbocycles. The van der Waals surface area contributed by atoms with Crippen LogP contribution in [-0.4, -0.2) is 44.6 Å². The zero-order chi connectivity index (χ0) is 16.8. The van der Waals surface area contributed by atoms with Crippen molar-refractivity contribution in [1.82, 2.24) is 19.7 Å². The third-order valence-corrected chi connectivity index (χ3v) is 5.38. The van der Waals surface area contributed by atoms with Gasteiger partial charge in [-0.1, -0.05) is 0 Å². The minimum atomic E-state index is -0.0385. The van der Waals surface area contributed by atoms with Crippen LogP contribution in [0.3, 0.4) is 0 Å². The maximum absolute atomic E-state index is 12.8. The molecule has 2 saturated heterocycles. The van der Waals surface area contributed by atoms with Gasteiger partial charge in [-0.25, -0.2) is 14.5 Å². The largest absolute Gasteiger partial charge is 0.454 e. The van der Waals surface area contributed by atoms with Gasteiger partial charge in [0.15, 0.2) is 11.5 Å². The average molecular weight is 341 g/mol. The Balaban J connectivity index is 1.30. The Labute approximate surface area is 144 Å². The van der Waals surface area contributed by atoms with Gasteiger partial charge in [-0.3, -0.25) is 0 Å². The van der Waals surface area contributed by atoms with Gasteiger partial charge in [0.2, 0.25) is 6.79 Å². The smallest absolute Gasteiger partial charge is 0.322 e. The highest BCUT2D eigenvalue weighted by Crippen LogP contribution is 2.41. The molecule has 8 nitrogen and oxygen atoms in total. The molecule has 3 aliphatic heterocycles. The Morgan fingerprint density at radius 2 is 1.92 bits per heavy atom. The van der Waals surface area contributed by atoms with Crippen molar-refractivity contribution in [2.75, 3.05) is 12.1 Å². The van der Waals surface area contributed by atoms with Gasteiger partial charge >= 0.3 is 6.03 Å². The first kappa shape index (κ1) is 14.6. The molecule has 0 spiro atoms. The first-order valence-electron chi connectivity index (χ1n) is 8.61. The van der Waals surface area contributed by atoms with E-state index in [0.717, 1.165) is 31.4 Å². The Bertz CT molecular complexity index is 780. The van der Waals surface area contributed by atoms with Crippen molar-refractivity contribution in [2.24, 2.45) is 0 Å². The quantitative estimate of drug-likeness (QED) is 0.907. The van der Waals surface area contributed by atoms with Crippen molar-refractivity contribution >= 4 is 11.7 Å². The van der Waals surface area contributed by atoms with Crippen LogP contribution in [-0.2, 0) is 0 Å². The molecular weight excluding hydrogens is 322 g/mol. The standard InChI is InChI=1S/C17H19N5O3/c23-17(20-11-1-4-15-16(5-11)25-10-24-15)22-12-2-3-13(22)7-14(6-12)21-9-18-8-19-21/h1,4-5,8-9,12-14H,2-3,6-7,10H2,(H,20,23). The van der Waals surface area contributed by atoms with Gasteiger partial charge in [0.05, 0.1) is 6.04 Å². The Hall–Kier alpha value is -2.77. The number of piperidine rings is 1. The molecule has 2 atom stereocenters.